The monoisotopic (exact) mass is 450 g/mol. The van der Waals surface area contributed by atoms with Crippen LogP contribution in [0.4, 0.5) is 17.1 Å². The normalized spacial score (nSPS) is 23.9. The van der Waals surface area contributed by atoms with Gasteiger partial charge < -0.3 is 35.7 Å². The number of nitrogens with one attached hydrogen (secondary N) is 3. The van der Waals surface area contributed by atoms with E-state index in [9.17, 15) is 4.79 Å². The average Bonchev–Trinajstić information content (AvgIpc) is 3.51. The third-order valence-electron chi connectivity index (χ3n) is 6.71. The second-order valence-corrected chi connectivity index (χ2v) is 9.58. The van der Waals surface area contributed by atoms with Gasteiger partial charge in [-0.15, -0.1) is 0 Å². The zero-order chi connectivity index (χ0) is 23.2. The number of benzene rings is 1. The summed E-state index contributed by atoms with van der Waals surface area (Å²) in [6.45, 7) is 11.8. The molecule has 174 valence electrons. The minimum Gasteiger partial charge on any atom is -0.476 e. The number of anilines is 2. The van der Waals surface area contributed by atoms with Gasteiger partial charge in [-0.1, -0.05) is 6.58 Å². The molecule has 5 N–H and O–H groups in total. The van der Waals surface area contributed by atoms with Crippen LogP contribution in [-0.4, -0.2) is 48.5 Å². The molecule has 9 heteroatoms. The maximum atomic E-state index is 12.2. The van der Waals surface area contributed by atoms with Crippen molar-refractivity contribution in [2.45, 2.75) is 32.3 Å². The number of nitrogens with zero attached hydrogens (tertiary/aromatic N) is 2. The summed E-state index contributed by atoms with van der Waals surface area (Å²) in [5, 5.41) is 9.41. The van der Waals surface area contributed by atoms with Gasteiger partial charge in [-0.2, -0.15) is 0 Å². The number of carbonyl (C=O) groups excluding carboxylic acids is 1. The summed E-state index contributed by atoms with van der Waals surface area (Å²) < 4.78 is 11.5. The molecule has 0 saturated carbocycles. The van der Waals surface area contributed by atoms with E-state index in [4.69, 9.17) is 14.9 Å². The summed E-state index contributed by atoms with van der Waals surface area (Å²) in [5.41, 5.74) is 8.31. The van der Waals surface area contributed by atoms with Crippen molar-refractivity contribution in [3.63, 3.8) is 0 Å². The molecule has 1 aromatic heterocycles. The number of aliphatic imine (C=N–C) groups is 1. The predicted molar refractivity (Wildman–Crippen MR) is 129 cm³/mol. The van der Waals surface area contributed by atoms with Crippen LogP contribution in [0.25, 0.3) is 5.70 Å². The number of rotatable bonds is 4. The van der Waals surface area contributed by atoms with Crippen molar-refractivity contribution < 1.29 is 13.9 Å². The molecular weight excluding hydrogens is 420 g/mol. The van der Waals surface area contributed by atoms with Gasteiger partial charge in [0.05, 0.1) is 17.6 Å². The van der Waals surface area contributed by atoms with E-state index in [2.05, 4.69) is 32.4 Å². The van der Waals surface area contributed by atoms with Crippen LogP contribution in [0.1, 0.15) is 32.4 Å². The first-order valence-electron chi connectivity index (χ1n) is 11.2. The van der Waals surface area contributed by atoms with Crippen LogP contribution in [-0.2, 0) is 4.79 Å². The minimum atomic E-state index is -0.911. The van der Waals surface area contributed by atoms with Crippen molar-refractivity contribution in [1.82, 2.24) is 10.2 Å². The quantitative estimate of drug-likeness (QED) is 0.418. The lowest BCUT2D eigenvalue weighted by atomic mass is 9.86. The average molecular weight is 451 g/mol. The molecule has 1 unspecified atom stereocenters. The van der Waals surface area contributed by atoms with Gasteiger partial charge in [-0.3, -0.25) is 4.79 Å². The van der Waals surface area contributed by atoms with E-state index in [0.29, 0.717) is 34.0 Å². The zero-order valence-electron chi connectivity index (χ0n) is 19.0. The van der Waals surface area contributed by atoms with Crippen LogP contribution < -0.4 is 26.4 Å². The molecule has 3 aliphatic heterocycles. The third-order valence-corrected chi connectivity index (χ3v) is 6.71. The van der Waals surface area contributed by atoms with Crippen molar-refractivity contribution >= 4 is 34.6 Å². The van der Waals surface area contributed by atoms with Gasteiger partial charge >= 0.3 is 0 Å². The summed E-state index contributed by atoms with van der Waals surface area (Å²) >= 11 is 0. The molecule has 0 bridgehead atoms. The molecule has 1 amide bonds. The van der Waals surface area contributed by atoms with Gasteiger partial charge in [0, 0.05) is 36.8 Å². The molecular formula is C24H30N6O3. The Hall–Kier alpha value is -3.46. The first-order valence-corrected chi connectivity index (χ1v) is 11.2. The highest BCUT2D eigenvalue weighted by molar-refractivity contribution is 6.01. The fourth-order valence-electron chi connectivity index (χ4n) is 4.75. The molecule has 5 rings (SSSR count). The summed E-state index contributed by atoms with van der Waals surface area (Å²) in [6.07, 6.45) is 3.95. The van der Waals surface area contributed by atoms with E-state index in [-0.39, 0.29) is 11.9 Å². The largest absolute Gasteiger partial charge is 0.476 e. The maximum Gasteiger partial charge on any atom is 0.268 e. The molecule has 2 saturated heterocycles. The Morgan fingerprint density at radius 2 is 2.15 bits per heavy atom. The molecule has 1 spiro atoms. The van der Waals surface area contributed by atoms with Crippen LogP contribution in [0.15, 0.2) is 46.5 Å². The van der Waals surface area contributed by atoms with Crippen LogP contribution >= 0.6 is 0 Å². The minimum absolute atomic E-state index is 0.201. The summed E-state index contributed by atoms with van der Waals surface area (Å²) in [4.78, 5) is 19.0. The maximum absolute atomic E-state index is 12.2. The number of amides is 1. The Morgan fingerprint density at radius 3 is 2.94 bits per heavy atom. The van der Waals surface area contributed by atoms with Gasteiger partial charge in [-0.25, -0.2) is 4.99 Å². The second kappa shape index (κ2) is 7.84. The first-order chi connectivity index (χ1) is 15.7. The highest BCUT2D eigenvalue weighted by Crippen LogP contribution is 2.41. The Balaban J connectivity index is 1.29. The van der Waals surface area contributed by atoms with E-state index in [0.717, 1.165) is 38.3 Å². The zero-order valence-corrected chi connectivity index (χ0v) is 19.0. The van der Waals surface area contributed by atoms with Crippen molar-refractivity contribution in [3.05, 3.63) is 42.9 Å². The van der Waals surface area contributed by atoms with Crippen LogP contribution in [0.2, 0.25) is 0 Å². The number of nitrogens with two attached hydrogens (primary N) is 1. The molecule has 1 atom stereocenters. The van der Waals surface area contributed by atoms with E-state index >= 15 is 0 Å². The number of carbonyl (C=O) groups is 1. The number of guanidine groups is 1. The van der Waals surface area contributed by atoms with Crippen LogP contribution in [0.5, 0.6) is 5.75 Å². The lowest BCUT2D eigenvalue weighted by Gasteiger charge is -2.31. The Bertz CT molecular complexity index is 1130. The smallest absolute Gasteiger partial charge is 0.268 e. The standard InChI is InChI=1S/C24H30N6O3/c1-15(30-10-8-24(14-30)7-9-26-13-24)20-17(6-11-32-20)29-22(25)27-16-4-5-19-18(12-16)28-21(31)23(2,3)33-19/h4-6,11-12,26H,1,7-10,13-14H2,2-3H3,(H,28,31)(H3,25,27,29). The van der Waals surface area contributed by atoms with Gasteiger partial charge in [0.25, 0.3) is 5.91 Å². The van der Waals surface area contributed by atoms with Gasteiger partial charge in [-0.05, 0) is 51.4 Å². The molecule has 0 radical (unpaired) electrons. The molecule has 4 heterocycles. The highest BCUT2D eigenvalue weighted by Gasteiger charge is 2.41. The van der Waals surface area contributed by atoms with Crippen LogP contribution in [0.3, 0.4) is 0 Å². The third kappa shape index (κ3) is 4.04. The number of likely N-dealkylation sites (tertiary alicyclic amines) is 1. The lowest BCUT2D eigenvalue weighted by molar-refractivity contribution is -0.129. The van der Waals surface area contributed by atoms with E-state index < -0.39 is 5.60 Å². The van der Waals surface area contributed by atoms with Crippen molar-refractivity contribution in [3.8, 4) is 5.75 Å². The number of hydrogen-bond acceptors (Lipinski definition) is 6. The number of ether oxygens (including phenoxy) is 1. The second-order valence-electron chi connectivity index (χ2n) is 9.58. The van der Waals surface area contributed by atoms with E-state index in [1.807, 2.05) is 6.07 Å². The number of furan rings is 1. The Labute approximate surface area is 193 Å². The van der Waals surface area contributed by atoms with Crippen molar-refractivity contribution in [1.29, 1.82) is 0 Å². The van der Waals surface area contributed by atoms with Crippen molar-refractivity contribution in [2.24, 2.45) is 16.1 Å². The Kier molecular flexibility index (Phi) is 5.08. The summed E-state index contributed by atoms with van der Waals surface area (Å²) in [5.74, 6) is 1.23. The SMILES string of the molecule is C=C(c1occc1/N=C(\N)Nc1ccc2c(c1)NC(=O)C(C)(C)O2)N1CCC2(CCNC2)C1. The van der Waals surface area contributed by atoms with E-state index in [1.54, 1.807) is 38.3 Å². The summed E-state index contributed by atoms with van der Waals surface area (Å²) in [6, 6.07) is 7.15. The van der Waals surface area contributed by atoms with E-state index in [1.165, 1.54) is 6.42 Å². The summed E-state index contributed by atoms with van der Waals surface area (Å²) in [7, 11) is 0. The molecule has 2 aromatic rings. The number of fused-ring (bicyclic) bond motifs is 1. The first kappa shape index (κ1) is 21.4. The van der Waals surface area contributed by atoms with Crippen molar-refractivity contribution in [2.75, 3.05) is 36.8 Å². The Morgan fingerprint density at radius 1 is 1.30 bits per heavy atom. The topological polar surface area (TPSA) is 117 Å². The highest BCUT2D eigenvalue weighted by atomic mass is 16.5. The van der Waals surface area contributed by atoms with Gasteiger partial charge in [0.1, 0.15) is 11.4 Å². The molecule has 3 aliphatic rings. The molecule has 0 aliphatic carbocycles. The van der Waals surface area contributed by atoms with Crippen LogP contribution in [0, 0.1) is 5.41 Å². The molecule has 1 aromatic carbocycles. The number of hydrogen-bond donors (Lipinski definition) is 4. The van der Waals surface area contributed by atoms with Gasteiger partial charge in [0.15, 0.2) is 17.3 Å². The lowest BCUT2D eigenvalue weighted by Crippen LogP contribution is -2.45. The molecule has 33 heavy (non-hydrogen) atoms. The van der Waals surface area contributed by atoms with Gasteiger partial charge in [0.2, 0.25) is 0 Å². The fraction of sp³-hybridized carbons (Fsp3) is 0.417. The molecule has 2 fully saturated rings. The molecule has 9 nitrogen and oxygen atoms in total. The predicted octanol–water partition coefficient (Wildman–Crippen LogP) is 3.10. The fourth-order valence-corrected chi connectivity index (χ4v) is 4.75.